The molecule has 1 saturated heterocycles. The van der Waals surface area contributed by atoms with Crippen molar-refractivity contribution in [3.63, 3.8) is 0 Å². The van der Waals surface area contributed by atoms with Crippen LogP contribution >= 0.6 is 0 Å². The fourth-order valence-corrected chi connectivity index (χ4v) is 3.37. The average molecular weight is 397 g/mol. The van der Waals surface area contributed by atoms with E-state index in [4.69, 9.17) is 9.47 Å². The van der Waals surface area contributed by atoms with Gasteiger partial charge in [-0.05, 0) is 53.4 Å². The van der Waals surface area contributed by atoms with Gasteiger partial charge in [0.25, 0.3) is 0 Å². The number of carbonyl (C=O) groups is 2. The molecule has 1 saturated carbocycles. The molecule has 1 amide bonds. The molecule has 1 heterocycles. The van der Waals surface area contributed by atoms with Crippen LogP contribution < -0.4 is 5.32 Å². The second-order valence-electron chi connectivity index (χ2n) is 8.42. The van der Waals surface area contributed by atoms with Crippen molar-refractivity contribution >= 4 is 18.0 Å². The number of rotatable bonds is 6. The first kappa shape index (κ1) is 22.3. The largest absolute Gasteiger partial charge is 0.466 e. The number of hydrogen-bond donors (Lipinski definition) is 1. The first-order chi connectivity index (χ1) is 13.2. The summed E-state index contributed by atoms with van der Waals surface area (Å²) in [5.41, 5.74) is -0.496. The first-order valence-corrected chi connectivity index (χ1v) is 10.4. The summed E-state index contributed by atoms with van der Waals surface area (Å²) >= 11 is 0. The van der Waals surface area contributed by atoms with E-state index in [1.165, 1.54) is 0 Å². The number of ether oxygens (including phenoxy) is 2. The van der Waals surface area contributed by atoms with E-state index in [2.05, 4.69) is 15.2 Å². The van der Waals surface area contributed by atoms with Gasteiger partial charge >= 0.3 is 12.1 Å². The van der Waals surface area contributed by atoms with Gasteiger partial charge in [0.2, 0.25) is 0 Å². The first-order valence-electron chi connectivity index (χ1n) is 10.4. The van der Waals surface area contributed by atoms with Crippen molar-refractivity contribution in [3.8, 4) is 0 Å². The second kappa shape index (κ2) is 9.98. The van der Waals surface area contributed by atoms with E-state index in [9.17, 15) is 9.59 Å². The molecule has 28 heavy (non-hydrogen) atoms. The summed E-state index contributed by atoms with van der Waals surface area (Å²) in [5.74, 6) is 0.512. The van der Waals surface area contributed by atoms with Crippen molar-refractivity contribution < 1.29 is 19.1 Å². The topological polar surface area (TPSA) is 83.5 Å². The Kier molecular flexibility index (Phi) is 7.95. The number of guanidine groups is 1. The molecule has 0 bridgehead atoms. The monoisotopic (exact) mass is 396 g/mol. The lowest BCUT2D eigenvalue weighted by atomic mass is 9.98. The summed E-state index contributed by atoms with van der Waals surface area (Å²) in [4.78, 5) is 32.8. The minimum atomic E-state index is -0.496. The Hall–Kier alpha value is -1.99. The molecular weight excluding hydrogens is 360 g/mol. The smallest absolute Gasteiger partial charge is 0.410 e. The predicted octanol–water partition coefficient (Wildman–Crippen LogP) is 2.24. The van der Waals surface area contributed by atoms with Crippen LogP contribution in [-0.2, 0) is 14.3 Å². The lowest BCUT2D eigenvalue weighted by Gasteiger charge is -2.34. The van der Waals surface area contributed by atoms with Gasteiger partial charge in [0.1, 0.15) is 5.60 Å². The van der Waals surface area contributed by atoms with Crippen LogP contribution in [0.15, 0.2) is 4.99 Å². The van der Waals surface area contributed by atoms with Gasteiger partial charge in [-0.3, -0.25) is 9.79 Å². The van der Waals surface area contributed by atoms with Gasteiger partial charge in [0, 0.05) is 39.3 Å². The van der Waals surface area contributed by atoms with Crippen molar-refractivity contribution in [3.05, 3.63) is 0 Å². The Bertz CT molecular complexity index is 569. The number of piperidine rings is 1. The highest BCUT2D eigenvalue weighted by molar-refractivity contribution is 5.81. The third-order valence-electron chi connectivity index (χ3n) is 4.80. The summed E-state index contributed by atoms with van der Waals surface area (Å²) in [6.07, 6.45) is 3.58. The average Bonchev–Trinajstić information content (AvgIpc) is 3.45. The molecule has 1 aliphatic heterocycles. The molecule has 0 aromatic rings. The SMILES string of the molecule is CCOC(=O)C1CCCN(C(=NC)NCCN(C(=O)OC(C)(C)C)C2CC2)C1. The van der Waals surface area contributed by atoms with Crippen molar-refractivity contribution in [1.29, 1.82) is 0 Å². The van der Waals surface area contributed by atoms with E-state index in [-0.39, 0.29) is 24.0 Å². The number of esters is 1. The highest BCUT2D eigenvalue weighted by Crippen LogP contribution is 2.28. The van der Waals surface area contributed by atoms with Crippen LogP contribution in [0, 0.1) is 5.92 Å². The Morgan fingerprint density at radius 1 is 1.25 bits per heavy atom. The molecule has 0 spiro atoms. The van der Waals surface area contributed by atoms with Crippen molar-refractivity contribution in [2.24, 2.45) is 10.9 Å². The predicted molar refractivity (Wildman–Crippen MR) is 108 cm³/mol. The number of nitrogens with zero attached hydrogens (tertiary/aromatic N) is 3. The molecule has 0 aromatic carbocycles. The molecule has 2 rings (SSSR count). The number of aliphatic imine (C=N–C) groups is 1. The van der Waals surface area contributed by atoms with Gasteiger partial charge < -0.3 is 24.6 Å². The zero-order valence-electron chi connectivity index (χ0n) is 18.0. The minimum Gasteiger partial charge on any atom is -0.466 e. The van der Waals surface area contributed by atoms with E-state index in [1.54, 1.807) is 7.05 Å². The number of nitrogens with one attached hydrogen (secondary N) is 1. The highest BCUT2D eigenvalue weighted by Gasteiger charge is 2.35. The van der Waals surface area contributed by atoms with Crippen LogP contribution in [0.5, 0.6) is 0 Å². The number of amides is 1. The molecule has 1 unspecified atom stereocenters. The Morgan fingerprint density at radius 3 is 2.54 bits per heavy atom. The number of carbonyl (C=O) groups excluding carboxylic acids is 2. The van der Waals surface area contributed by atoms with E-state index >= 15 is 0 Å². The van der Waals surface area contributed by atoms with E-state index in [1.807, 2.05) is 32.6 Å². The molecule has 2 aliphatic rings. The summed E-state index contributed by atoms with van der Waals surface area (Å²) in [6, 6.07) is 0.279. The van der Waals surface area contributed by atoms with Gasteiger partial charge in [-0.15, -0.1) is 0 Å². The maximum absolute atomic E-state index is 12.5. The standard InChI is InChI=1S/C20H36N4O4/c1-6-27-17(25)15-8-7-12-23(14-15)18(21-5)22-11-13-24(16-9-10-16)19(26)28-20(2,3)4/h15-16H,6-14H2,1-5H3,(H,21,22). The number of hydrogen-bond acceptors (Lipinski definition) is 5. The molecule has 0 radical (unpaired) electrons. The van der Waals surface area contributed by atoms with Crippen molar-refractivity contribution in [2.45, 2.75) is 65.0 Å². The molecule has 1 N–H and O–H groups in total. The summed E-state index contributed by atoms with van der Waals surface area (Å²) in [5, 5.41) is 3.34. The van der Waals surface area contributed by atoms with Crippen LogP contribution in [0.2, 0.25) is 0 Å². The maximum Gasteiger partial charge on any atom is 0.410 e. The van der Waals surface area contributed by atoms with Crippen LogP contribution in [0.4, 0.5) is 4.79 Å². The molecule has 8 heteroatoms. The summed E-state index contributed by atoms with van der Waals surface area (Å²) in [6.45, 7) is 10.5. The van der Waals surface area contributed by atoms with Crippen LogP contribution in [0.3, 0.4) is 0 Å². The lowest BCUT2D eigenvalue weighted by Crippen LogP contribution is -2.50. The third-order valence-corrected chi connectivity index (χ3v) is 4.80. The summed E-state index contributed by atoms with van der Waals surface area (Å²) < 4.78 is 10.7. The molecule has 0 aromatic heterocycles. The zero-order chi connectivity index (χ0) is 20.7. The molecule has 8 nitrogen and oxygen atoms in total. The second-order valence-corrected chi connectivity index (χ2v) is 8.42. The molecule has 2 fully saturated rings. The van der Waals surface area contributed by atoms with Crippen LogP contribution in [0.1, 0.15) is 53.4 Å². The maximum atomic E-state index is 12.5. The highest BCUT2D eigenvalue weighted by atomic mass is 16.6. The normalized spacial score (nSPS) is 20.5. The van der Waals surface area contributed by atoms with E-state index in [0.717, 1.165) is 38.2 Å². The Balaban J connectivity index is 1.85. The van der Waals surface area contributed by atoms with Crippen molar-refractivity contribution in [2.75, 3.05) is 39.8 Å². The fourth-order valence-electron chi connectivity index (χ4n) is 3.37. The van der Waals surface area contributed by atoms with Gasteiger partial charge in [0.05, 0.1) is 12.5 Å². The lowest BCUT2D eigenvalue weighted by molar-refractivity contribution is -0.149. The Labute approximate surface area is 168 Å². The van der Waals surface area contributed by atoms with E-state index in [0.29, 0.717) is 26.2 Å². The quantitative estimate of drug-likeness (QED) is 0.421. The van der Waals surface area contributed by atoms with Gasteiger partial charge in [-0.2, -0.15) is 0 Å². The van der Waals surface area contributed by atoms with Gasteiger partial charge in [-0.25, -0.2) is 4.79 Å². The molecular formula is C20H36N4O4. The summed E-state index contributed by atoms with van der Waals surface area (Å²) in [7, 11) is 1.74. The third kappa shape index (κ3) is 6.87. The van der Waals surface area contributed by atoms with Crippen LogP contribution in [-0.4, -0.2) is 79.3 Å². The van der Waals surface area contributed by atoms with Gasteiger partial charge in [-0.1, -0.05) is 0 Å². The zero-order valence-corrected chi connectivity index (χ0v) is 18.0. The molecule has 1 aliphatic carbocycles. The molecule has 160 valence electrons. The number of likely N-dealkylation sites (tertiary alicyclic amines) is 1. The Morgan fingerprint density at radius 2 is 1.96 bits per heavy atom. The fraction of sp³-hybridized carbons (Fsp3) is 0.850. The minimum absolute atomic E-state index is 0.114. The van der Waals surface area contributed by atoms with Crippen LogP contribution in [0.25, 0.3) is 0 Å². The van der Waals surface area contributed by atoms with Crippen molar-refractivity contribution in [1.82, 2.24) is 15.1 Å². The van der Waals surface area contributed by atoms with Gasteiger partial charge in [0.15, 0.2) is 5.96 Å². The molecule has 1 atom stereocenters. The van der Waals surface area contributed by atoms with E-state index < -0.39 is 5.60 Å².